The van der Waals surface area contributed by atoms with Gasteiger partial charge in [0.05, 0.1) is 17.7 Å². The predicted octanol–water partition coefficient (Wildman–Crippen LogP) is -0.290. The van der Waals surface area contributed by atoms with Gasteiger partial charge in [-0.3, -0.25) is 34.2 Å². The number of hydrogen-bond acceptors (Lipinski definition) is 7. The summed E-state index contributed by atoms with van der Waals surface area (Å²) in [5.41, 5.74) is 0.357. The summed E-state index contributed by atoms with van der Waals surface area (Å²) in [6, 6.07) is 3.75. The number of imide groups is 2. The highest BCUT2D eigenvalue weighted by Gasteiger charge is 2.45. The standard InChI is InChI=1S/C21H25N5O5/c1-21(2)11-22-8-9-25(21)16(28)10-23-13-5-3-4-12-17(13)20(31)26(19(12)30)14-6-7-15(27)24-18(14)29/h3-5,14,22-23H,6-11H2,1-2H3,(H,24,27,29). The lowest BCUT2D eigenvalue weighted by atomic mass is 10.00. The number of benzene rings is 1. The number of rotatable bonds is 4. The van der Waals surface area contributed by atoms with E-state index in [2.05, 4.69) is 16.0 Å². The molecule has 5 amide bonds. The number of fused-ring (bicyclic) bond motifs is 1. The maximum absolute atomic E-state index is 13.1. The molecule has 10 nitrogen and oxygen atoms in total. The molecular formula is C21H25N5O5. The summed E-state index contributed by atoms with van der Waals surface area (Å²) < 4.78 is 0. The minimum Gasteiger partial charge on any atom is -0.375 e. The van der Waals surface area contributed by atoms with E-state index in [9.17, 15) is 24.0 Å². The van der Waals surface area contributed by atoms with E-state index in [1.165, 1.54) is 6.07 Å². The number of carbonyl (C=O) groups is 5. The molecule has 2 fully saturated rings. The predicted molar refractivity (Wildman–Crippen MR) is 110 cm³/mol. The van der Waals surface area contributed by atoms with Crippen molar-refractivity contribution in [1.82, 2.24) is 20.4 Å². The van der Waals surface area contributed by atoms with Crippen LogP contribution in [0.3, 0.4) is 0 Å². The molecule has 4 rings (SSSR count). The van der Waals surface area contributed by atoms with Gasteiger partial charge in [-0.2, -0.15) is 0 Å². The van der Waals surface area contributed by atoms with Crippen LogP contribution < -0.4 is 16.0 Å². The Morgan fingerprint density at radius 2 is 1.97 bits per heavy atom. The maximum Gasteiger partial charge on any atom is 0.264 e. The third-order valence-electron chi connectivity index (χ3n) is 6.00. The molecular weight excluding hydrogens is 402 g/mol. The molecule has 10 heteroatoms. The van der Waals surface area contributed by atoms with E-state index in [0.717, 1.165) is 4.90 Å². The van der Waals surface area contributed by atoms with E-state index in [0.29, 0.717) is 25.3 Å². The molecule has 0 saturated carbocycles. The second kappa shape index (κ2) is 7.77. The highest BCUT2D eigenvalue weighted by molar-refractivity contribution is 6.25. The normalized spacial score (nSPS) is 23.0. The zero-order valence-electron chi connectivity index (χ0n) is 17.5. The largest absolute Gasteiger partial charge is 0.375 e. The molecule has 0 aliphatic carbocycles. The Hall–Kier alpha value is -3.27. The molecule has 1 aromatic rings. The van der Waals surface area contributed by atoms with Gasteiger partial charge in [-0.25, -0.2) is 0 Å². The van der Waals surface area contributed by atoms with E-state index in [1.807, 2.05) is 13.8 Å². The second-order valence-electron chi connectivity index (χ2n) is 8.56. The van der Waals surface area contributed by atoms with Gasteiger partial charge in [-0.1, -0.05) is 6.07 Å². The molecule has 3 heterocycles. The number of nitrogens with zero attached hydrogens (tertiary/aromatic N) is 2. The van der Waals surface area contributed by atoms with Crippen molar-refractivity contribution < 1.29 is 24.0 Å². The third-order valence-corrected chi connectivity index (χ3v) is 6.00. The summed E-state index contributed by atoms with van der Waals surface area (Å²) in [6.07, 6.45) is 0.152. The van der Waals surface area contributed by atoms with Gasteiger partial charge in [0, 0.05) is 37.3 Å². The van der Waals surface area contributed by atoms with Gasteiger partial charge in [0.1, 0.15) is 6.04 Å². The first-order valence-electron chi connectivity index (χ1n) is 10.3. The molecule has 3 N–H and O–H groups in total. The van der Waals surface area contributed by atoms with Crippen LogP contribution in [0.5, 0.6) is 0 Å². The molecule has 2 saturated heterocycles. The first-order valence-corrected chi connectivity index (χ1v) is 10.3. The first-order chi connectivity index (χ1) is 14.7. The van der Waals surface area contributed by atoms with Gasteiger partial charge in [0.2, 0.25) is 17.7 Å². The summed E-state index contributed by atoms with van der Waals surface area (Å²) in [5, 5.41) is 8.45. The van der Waals surface area contributed by atoms with Gasteiger partial charge in [0.25, 0.3) is 11.8 Å². The summed E-state index contributed by atoms with van der Waals surface area (Å²) >= 11 is 0. The van der Waals surface area contributed by atoms with Gasteiger partial charge in [0.15, 0.2) is 0 Å². The molecule has 164 valence electrons. The fraction of sp³-hybridized carbons (Fsp3) is 0.476. The number of piperidine rings is 1. The average molecular weight is 427 g/mol. The molecule has 0 aromatic heterocycles. The van der Waals surface area contributed by atoms with Crippen molar-refractivity contribution in [3.63, 3.8) is 0 Å². The Labute approximate surface area is 179 Å². The zero-order valence-corrected chi connectivity index (χ0v) is 17.5. The zero-order chi connectivity index (χ0) is 22.3. The fourth-order valence-electron chi connectivity index (χ4n) is 4.37. The third kappa shape index (κ3) is 3.67. The van der Waals surface area contributed by atoms with Crippen LogP contribution in [0.15, 0.2) is 18.2 Å². The Morgan fingerprint density at radius 1 is 1.19 bits per heavy atom. The number of hydrogen-bond donors (Lipinski definition) is 3. The Morgan fingerprint density at radius 3 is 2.68 bits per heavy atom. The van der Waals surface area contributed by atoms with Crippen LogP contribution in [0.4, 0.5) is 5.69 Å². The lowest BCUT2D eigenvalue weighted by Gasteiger charge is -2.43. The fourth-order valence-corrected chi connectivity index (χ4v) is 4.37. The maximum atomic E-state index is 13.1. The van der Waals surface area contributed by atoms with Crippen molar-refractivity contribution in [2.45, 2.75) is 38.3 Å². The minimum atomic E-state index is -1.03. The van der Waals surface area contributed by atoms with Crippen LogP contribution in [0, 0.1) is 0 Å². The van der Waals surface area contributed by atoms with Crippen LogP contribution in [0.1, 0.15) is 47.4 Å². The quantitative estimate of drug-likeness (QED) is 0.564. The Bertz CT molecular complexity index is 988. The molecule has 3 aliphatic heterocycles. The number of anilines is 1. The summed E-state index contributed by atoms with van der Waals surface area (Å²) in [5.74, 6) is -2.37. The molecule has 0 bridgehead atoms. The number of piperazine rings is 1. The van der Waals surface area contributed by atoms with Crippen LogP contribution >= 0.6 is 0 Å². The number of nitrogens with one attached hydrogen (secondary N) is 3. The average Bonchev–Trinajstić information content (AvgIpc) is 2.97. The Balaban J connectivity index is 1.53. The van der Waals surface area contributed by atoms with Crippen LogP contribution in [0.2, 0.25) is 0 Å². The van der Waals surface area contributed by atoms with Crippen molar-refractivity contribution in [2.24, 2.45) is 0 Å². The Kier molecular flexibility index (Phi) is 5.26. The van der Waals surface area contributed by atoms with Crippen molar-refractivity contribution in [3.05, 3.63) is 29.3 Å². The van der Waals surface area contributed by atoms with Crippen LogP contribution in [-0.4, -0.2) is 77.1 Å². The molecule has 0 spiro atoms. The molecule has 0 radical (unpaired) electrons. The summed E-state index contributed by atoms with van der Waals surface area (Å²) in [4.78, 5) is 65.1. The van der Waals surface area contributed by atoms with Crippen LogP contribution in [0.25, 0.3) is 0 Å². The van der Waals surface area contributed by atoms with Gasteiger partial charge in [-0.15, -0.1) is 0 Å². The highest BCUT2D eigenvalue weighted by Crippen LogP contribution is 2.32. The van der Waals surface area contributed by atoms with Crippen molar-refractivity contribution >= 4 is 35.2 Å². The van der Waals surface area contributed by atoms with Gasteiger partial charge < -0.3 is 15.5 Å². The molecule has 1 aromatic carbocycles. The van der Waals surface area contributed by atoms with Crippen molar-refractivity contribution in [3.8, 4) is 0 Å². The molecule has 1 unspecified atom stereocenters. The van der Waals surface area contributed by atoms with E-state index >= 15 is 0 Å². The van der Waals surface area contributed by atoms with E-state index in [4.69, 9.17) is 0 Å². The second-order valence-corrected chi connectivity index (χ2v) is 8.56. The number of amides is 5. The molecule has 31 heavy (non-hydrogen) atoms. The first kappa shape index (κ1) is 21.0. The topological polar surface area (TPSA) is 128 Å². The van der Waals surface area contributed by atoms with Gasteiger partial charge >= 0.3 is 0 Å². The summed E-state index contributed by atoms with van der Waals surface area (Å²) in [7, 11) is 0. The summed E-state index contributed by atoms with van der Waals surface area (Å²) in [6.45, 7) is 5.92. The minimum absolute atomic E-state index is 0.0280. The smallest absolute Gasteiger partial charge is 0.264 e. The van der Waals surface area contributed by atoms with Gasteiger partial charge in [-0.05, 0) is 32.4 Å². The molecule has 3 aliphatic rings. The van der Waals surface area contributed by atoms with Crippen molar-refractivity contribution in [1.29, 1.82) is 0 Å². The van der Waals surface area contributed by atoms with E-state index in [1.54, 1.807) is 17.0 Å². The lowest BCUT2D eigenvalue weighted by Crippen LogP contribution is -2.60. The van der Waals surface area contributed by atoms with Crippen molar-refractivity contribution in [2.75, 3.05) is 31.5 Å². The molecule has 1 atom stereocenters. The van der Waals surface area contributed by atoms with E-state index in [-0.39, 0.29) is 42.0 Å². The monoisotopic (exact) mass is 427 g/mol. The van der Waals surface area contributed by atoms with E-state index < -0.39 is 29.7 Å². The SMILES string of the molecule is CC1(C)CNCCN1C(=O)CNc1cccc2c1C(=O)N(C1CCC(=O)NC1=O)C2=O. The highest BCUT2D eigenvalue weighted by atomic mass is 16.2. The lowest BCUT2D eigenvalue weighted by molar-refractivity contribution is -0.137. The van der Waals surface area contributed by atoms with Crippen LogP contribution in [-0.2, 0) is 14.4 Å². The number of carbonyl (C=O) groups excluding carboxylic acids is 5.